The molecule has 0 aliphatic carbocycles. The van der Waals surface area contributed by atoms with Gasteiger partial charge in [-0.2, -0.15) is 0 Å². The lowest BCUT2D eigenvalue weighted by Crippen LogP contribution is -2.33. The molecule has 0 saturated carbocycles. The number of aromatic nitrogens is 3. The van der Waals surface area contributed by atoms with Crippen molar-refractivity contribution in [2.45, 2.75) is 52.6 Å². The Morgan fingerprint density at radius 2 is 1.77 bits per heavy atom. The molecule has 0 radical (unpaired) electrons. The summed E-state index contributed by atoms with van der Waals surface area (Å²) < 4.78 is 2.22. The summed E-state index contributed by atoms with van der Waals surface area (Å²) in [6.45, 7) is 10.7. The summed E-state index contributed by atoms with van der Waals surface area (Å²) in [6, 6.07) is 18.6. The highest BCUT2D eigenvalue weighted by molar-refractivity contribution is 7.80. The molecule has 2 saturated heterocycles. The van der Waals surface area contributed by atoms with Crippen LogP contribution in [-0.2, 0) is 0 Å². The average Bonchev–Trinajstić information content (AvgIpc) is 3.45. The van der Waals surface area contributed by atoms with Crippen LogP contribution in [0.1, 0.15) is 60.1 Å². The van der Waals surface area contributed by atoms with Crippen molar-refractivity contribution in [2.24, 2.45) is 5.92 Å². The van der Waals surface area contributed by atoms with Crippen molar-refractivity contribution >= 4 is 40.3 Å². The van der Waals surface area contributed by atoms with Crippen LogP contribution in [0.2, 0.25) is 5.02 Å². The normalized spacial score (nSPS) is 19.8. The Morgan fingerprint density at radius 1 is 0.975 bits per heavy atom. The Hall–Kier alpha value is -3.42. The molecule has 1 aromatic carbocycles. The summed E-state index contributed by atoms with van der Waals surface area (Å²) in [5.74, 6) is 1.67. The smallest absolute Gasteiger partial charge is 0.174 e. The van der Waals surface area contributed by atoms with Gasteiger partial charge in [0.25, 0.3) is 0 Å². The van der Waals surface area contributed by atoms with E-state index in [1.807, 2.05) is 24.5 Å². The number of benzene rings is 1. The third kappa shape index (κ3) is 4.86. The minimum Gasteiger partial charge on any atom is -0.370 e. The monoisotopic (exact) mass is 570 g/mol. The van der Waals surface area contributed by atoms with Gasteiger partial charge in [0.1, 0.15) is 5.82 Å². The van der Waals surface area contributed by atoms with E-state index < -0.39 is 0 Å². The lowest BCUT2D eigenvalue weighted by atomic mass is 9.96. The molecule has 2 aliphatic rings. The van der Waals surface area contributed by atoms with Gasteiger partial charge in [0.2, 0.25) is 0 Å². The topological polar surface area (TPSA) is 49.2 Å². The van der Waals surface area contributed by atoms with Crippen molar-refractivity contribution in [1.29, 1.82) is 0 Å². The fraction of sp³-hybridized carbons (Fsp3) is 0.344. The van der Waals surface area contributed by atoms with E-state index in [4.69, 9.17) is 33.8 Å². The van der Waals surface area contributed by atoms with Gasteiger partial charge in [-0.3, -0.25) is 4.98 Å². The van der Waals surface area contributed by atoms with Gasteiger partial charge in [-0.1, -0.05) is 30.7 Å². The van der Waals surface area contributed by atoms with E-state index in [1.165, 1.54) is 18.4 Å². The Balaban J connectivity index is 1.43. The van der Waals surface area contributed by atoms with Crippen LogP contribution in [0, 0.1) is 26.7 Å². The summed E-state index contributed by atoms with van der Waals surface area (Å²) in [5.41, 5.74) is 7.57. The van der Waals surface area contributed by atoms with E-state index in [0.29, 0.717) is 5.11 Å². The largest absolute Gasteiger partial charge is 0.370 e. The first-order chi connectivity index (χ1) is 19.3. The molecule has 6 rings (SSSR count). The molecule has 40 heavy (non-hydrogen) atoms. The number of hydrogen-bond acceptors (Lipinski definition) is 4. The number of nitrogens with one attached hydrogen (secondary N) is 1. The predicted octanol–water partition coefficient (Wildman–Crippen LogP) is 7.26. The number of thiocarbonyl (C=S) groups is 1. The fourth-order valence-electron chi connectivity index (χ4n) is 6.13. The Kier molecular flexibility index (Phi) is 7.27. The third-order valence-corrected chi connectivity index (χ3v) is 8.96. The number of aryl methyl sites for hydroxylation is 2. The number of nitrogens with zero attached hydrogens (tertiary/aromatic N) is 5. The van der Waals surface area contributed by atoms with Crippen LogP contribution in [0.3, 0.4) is 0 Å². The van der Waals surface area contributed by atoms with Gasteiger partial charge in [-0.25, -0.2) is 4.98 Å². The highest BCUT2D eigenvalue weighted by Crippen LogP contribution is 2.45. The molecular weight excluding hydrogens is 536 g/mol. The zero-order chi connectivity index (χ0) is 28.0. The van der Waals surface area contributed by atoms with E-state index in [0.717, 1.165) is 63.9 Å². The van der Waals surface area contributed by atoms with E-state index in [2.05, 4.69) is 89.8 Å². The van der Waals surface area contributed by atoms with Crippen molar-refractivity contribution in [1.82, 2.24) is 19.9 Å². The van der Waals surface area contributed by atoms with Crippen molar-refractivity contribution in [3.63, 3.8) is 0 Å². The summed E-state index contributed by atoms with van der Waals surface area (Å²) in [6.07, 6.45) is 6.13. The second kappa shape index (κ2) is 10.9. The zero-order valence-corrected chi connectivity index (χ0v) is 25.0. The molecule has 206 valence electrons. The van der Waals surface area contributed by atoms with Crippen LogP contribution < -0.4 is 15.1 Å². The van der Waals surface area contributed by atoms with Gasteiger partial charge in [0.15, 0.2) is 5.11 Å². The van der Waals surface area contributed by atoms with Gasteiger partial charge in [0, 0.05) is 42.6 Å². The Bertz CT molecular complexity index is 1530. The molecule has 0 amide bonds. The number of anilines is 2. The molecule has 1 N–H and O–H groups in total. The van der Waals surface area contributed by atoms with Crippen LogP contribution in [-0.4, -0.2) is 32.7 Å². The lowest BCUT2D eigenvalue weighted by molar-refractivity contribution is 0.438. The van der Waals surface area contributed by atoms with Crippen LogP contribution in [0.25, 0.3) is 5.82 Å². The predicted molar refractivity (Wildman–Crippen MR) is 168 cm³/mol. The number of pyridine rings is 2. The Labute approximate surface area is 247 Å². The highest BCUT2D eigenvalue weighted by atomic mass is 35.5. The maximum Gasteiger partial charge on any atom is 0.174 e. The van der Waals surface area contributed by atoms with E-state index in [-0.39, 0.29) is 12.1 Å². The average molecular weight is 571 g/mol. The molecule has 2 atom stereocenters. The molecule has 2 fully saturated rings. The van der Waals surface area contributed by atoms with Crippen LogP contribution in [0.5, 0.6) is 0 Å². The number of hydrogen-bond donors (Lipinski definition) is 1. The van der Waals surface area contributed by atoms with Crippen molar-refractivity contribution < 1.29 is 0 Å². The van der Waals surface area contributed by atoms with E-state index in [1.54, 1.807) is 0 Å². The molecule has 6 nitrogen and oxygen atoms in total. The van der Waals surface area contributed by atoms with E-state index >= 15 is 0 Å². The van der Waals surface area contributed by atoms with Crippen molar-refractivity contribution in [3.8, 4) is 5.82 Å². The second-order valence-electron chi connectivity index (χ2n) is 11.2. The SMILES string of the molecule is Cc1ccc(-n2c(C)cc([C@H]3[C@H](c4ccccn4)NC(=S)N3c3ccc(N4CCC(C)CC4)c(Cl)c3)c2C)nc1. The van der Waals surface area contributed by atoms with Gasteiger partial charge in [0.05, 0.1) is 28.5 Å². The first-order valence-electron chi connectivity index (χ1n) is 14.0. The zero-order valence-electron chi connectivity index (χ0n) is 23.4. The molecule has 0 spiro atoms. The van der Waals surface area contributed by atoms with Gasteiger partial charge in [-0.15, -0.1) is 0 Å². The molecule has 3 aromatic heterocycles. The highest BCUT2D eigenvalue weighted by Gasteiger charge is 2.42. The molecule has 0 bridgehead atoms. The van der Waals surface area contributed by atoms with Crippen molar-refractivity contribution in [3.05, 3.63) is 100 Å². The van der Waals surface area contributed by atoms with Gasteiger partial charge < -0.3 is 19.7 Å². The standard InChI is InChI=1S/C32H35ClN6S/c1-20-12-15-37(16-13-20)28-10-9-24(18-26(28)33)39-31(30(36-32(39)40)27-7-5-6-14-34-27)25-17-22(3)38(23(25)4)29-11-8-21(2)19-35-29/h5-11,14,17-20,30-31H,12-13,15-16H2,1-4H3,(H,36,40)/t30-,31-/m0/s1. The van der Waals surface area contributed by atoms with Crippen LogP contribution in [0.4, 0.5) is 11.4 Å². The first kappa shape index (κ1) is 26.8. The molecule has 0 unspecified atom stereocenters. The number of rotatable bonds is 5. The van der Waals surface area contributed by atoms with Gasteiger partial charge in [-0.05, 0) is 105 Å². The quantitative estimate of drug-likeness (QED) is 0.255. The molecule has 8 heteroatoms. The first-order valence-corrected chi connectivity index (χ1v) is 14.8. The Morgan fingerprint density at radius 3 is 2.45 bits per heavy atom. The minimum absolute atomic E-state index is 0.120. The van der Waals surface area contributed by atoms with Crippen molar-refractivity contribution in [2.75, 3.05) is 22.9 Å². The third-order valence-electron chi connectivity index (χ3n) is 8.35. The second-order valence-corrected chi connectivity index (χ2v) is 12.0. The van der Waals surface area contributed by atoms with Gasteiger partial charge >= 0.3 is 0 Å². The maximum atomic E-state index is 6.97. The molecular formula is C32H35ClN6S. The minimum atomic E-state index is -0.129. The number of halogens is 1. The molecule has 2 aliphatic heterocycles. The summed E-state index contributed by atoms with van der Waals surface area (Å²) in [5, 5.41) is 5.00. The van der Waals surface area contributed by atoms with Crippen LogP contribution >= 0.6 is 23.8 Å². The number of piperidine rings is 1. The fourth-order valence-corrected chi connectivity index (χ4v) is 6.77. The maximum absolute atomic E-state index is 6.97. The summed E-state index contributed by atoms with van der Waals surface area (Å²) in [4.78, 5) is 14.1. The summed E-state index contributed by atoms with van der Waals surface area (Å²) >= 11 is 13.0. The molecule has 4 aromatic rings. The summed E-state index contributed by atoms with van der Waals surface area (Å²) in [7, 11) is 0. The molecule has 5 heterocycles. The van der Waals surface area contributed by atoms with E-state index in [9.17, 15) is 0 Å². The van der Waals surface area contributed by atoms with Crippen LogP contribution in [0.15, 0.2) is 67.0 Å². The lowest BCUT2D eigenvalue weighted by Gasteiger charge is -2.33.